The Morgan fingerprint density at radius 1 is 1.44 bits per heavy atom. The van der Waals surface area contributed by atoms with Gasteiger partial charge in [0.1, 0.15) is 4.99 Å². The van der Waals surface area contributed by atoms with Crippen molar-refractivity contribution in [3.63, 3.8) is 0 Å². The molecule has 98 valence electrons. The summed E-state index contributed by atoms with van der Waals surface area (Å²) in [4.78, 5) is 14.3. The summed E-state index contributed by atoms with van der Waals surface area (Å²) in [5, 5.41) is 0. The molecule has 1 amide bonds. The largest absolute Gasteiger partial charge is 0.389 e. The molecule has 1 rings (SSSR count). The molecule has 0 aliphatic rings. The van der Waals surface area contributed by atoms with Gasteiger partial charge >= 0.3 is 0 Å². The minimum atomic E-state index is -0.0346. The smallest absolute Gasteiger partial charge is 0.253 e. The van der Waals surface area contributed by atoms with E-state index in [-0.39, 0.29) is 5.91 Å². The third-order valence-electron chi connectivity index (χ3n) is 2.63. The third-order valence-corrected chi connectivity index (χ3v) is 2.86. The highest BCUT2D eigenvalue weighted by Gasteiger charge is 2.14. The number of hydrogen-bond acceptors (Lipinski definition) is 3. The number of hydrogen-bond donors (Lipinski definition) is 1. The lowest BCUT2D eigenvalue weighted by atomic mass is 10.1. The first kappa shape index (κ1) is 14.6. The molecular formula is C13H18N2O2S. The number of ether oxygens (including phenoxy) is 1. The first-order valence-electron chi connectivity index (χ1n) is 5.78. The van der Waals surface area contributed by atoms with E-state index < -0.39 is 0 Å². The molecule has 1 aromatic carbocycles. The number of nitrogens with zero attached hydrogens (tertiary/aromatic N) is 1. The average molecular weight is 266 g/mol. The van der Waals surface area contributed by atoms with Crippen LogP contribution >= 0.6 is 12.2 Å². The van der Waals surface area contributed by atoms with Crippen molar-refractivity contribution in [2.45, 2.75) is 6.92 Å². The van der Waals surface area contributed by atoms with Crippen molar-refractivity contribution in [2.24, 2.45) is 5.73 Å². The Balaban J connectivity index is 2.87. The van der Waals surface area contributed by atoms with Gasteiger partial charge in [0.05, 0.1) is 6.61 Å². The summed E-state index contributed by atoms with van der Waals surface area (Å²) in [6.07, 6.45) is 0. The number of benzene rings is 1. The minimum Gasteiger partial charge on any atom is -0.389 e. The van der Waals surface area contributed by atoms with Gasteiger partial charge in [-0.2, -0.15) is 0 Å². The SMILES string of the molecule is CCN(CCOC)C(=O)c1cccc(C(N)=S)c1. The van der Waals surface area contributed by atoms with Crippen molar-refractivity contribution < 1.29 is 9.53 Å². The summed E-state index contributed by atoms with van der Waals surface area (Å²) in [6, 6.07) is 7.07. The van der Waals surface area contributed by atoms with E-state index in [1.807, 2.05) is 6.92 Å². The van der Waals surface area contributed by atoms with Crippen LogP contribution in [0.5, 0.6) is 0 Å². The molecule has 0 unspecified atom stereocenters. The molecule has 4 nitrogen and oxygen atoms in total. The molecule has 0 aromatic heterocycles. The van der Waals surface area contributed by atoms with Crippen molar-refractivity contribution in [3.8, 4) is 0 Å². The molecule has 0 aliphatic heterocycles. The second-order valence-electron chi connectivity index (χ2n) is 3.82. The van der Waals surface area contributed by atoms with Crippen molar-refractivity contribution >= 4 is 23.1 Å². The van der Waals surface area contributed by atoms with Crippen molar-refractivity contribution in [3.05, 3.63) is 35.4 Å². The maximum atomic E-state index is 12.2. The lowest BCUT2D eigenvalue weighted by Gasteiger charge is -2.20. The van der Waals surface area contributed by atoms with Crippen LogP contribution in [0.15, 0.2) is 24.3 Å². The fourth-order valence-electron chi connectivity index (χ4n) is 1.59. The van der Waals surface area contributed by atoms with Gasteiger partial charge in [0.15, 0.2) is 0 Å². The zero-order valence-electron chi connectivity index (χ0n) is 10.7. The molecule has 2 N–H and O–H groups in total. The van der Waals surface area contributed by atoms with Crippen LogP contribution in [0.25, 0.3) is 0 Å². The number of thiocarbonyl (C=S) groups is 1. The Labute approximate surface area is 113 Å². The highest BCUT2D eigenvalue weighted by Crippen LogP contribution is 2.08. The van der Waals surface area contributed by atoms with E-state index in [0.717, 1.165) is 0 Å². The molecule has 0 saturated carbocycles. The molecule has 0 saturated heterocycles. The first-order chi connectivity index (χ1) is 8.60. The van der Waals surface area contributed by atoms with Crippen molar-refractivity contribution in [2.75, 3.05) is 26.8 Å². The number of methoxy groups -OCH3 is 1. The van der Waals surface area contributed by atoms with Crippen molar-refractivity contribution in [1.29, 1.82) is 0 Å². The van der Waals surface area contributed by atoms with E-state index in [4.69, 9.17) is 22.7 Å². The van der Waals surface area contributed by atoms with Gasteiger partial charge in [0.2, 0.25) is 0 Å². The number of likely N-dealkylation sites (N-methyl/N-ethyl adjacent to an activating group) is 1. The lowest BCUT2D eigenvalue weighted by Crippen LogP contribution is -2.33. The van der Waals surface area contributed by atoms with E-state index in [1.54, 1.807) is 36.3 Å². The van der Waals surface area contributed by atoms with E-state index in [0.29, 0.717) is 35.8 Å². The zero-order valence-corrected chi connectivity index (χ0v) is 11.5. The second-order valence-corrected chi connectivity index (χ2v) is 4.26. The van der Waals surface area contributed by atoms with Crippen LogP contribution in [0.3, 0.4) is 0 Å². The fraction of sp³-hybridized carbons (Fsp3) is 0.385. The molecule has 1 aromatic rings. The molecule has 0 bridgehead atoms. The summed E-state index contributed by atoms with van der Waals surface area (Å²) in [5.74, 6) is -0.0346. The van der Waals surface area contributed by atoms with Gasteiger partial charge in [-0.3, -0.25) is 4.79 Å². The summed E-state index contributed by atoms with van der Waals surface area (Å²) in [6.45, 7) is 3.67. The van der Waals surface area contributed by atoms with Gasteiger partial charge in [-0.15, -0.1) is 0 Å². The highest BCUT2D eigenvalue weighted by atomic mass is 32.1. The van der Waals surface area contributed by atoms with E-state index >= 15 is 0 Å². The summed E-state index contributed by atoms with van der Waals surface area (Å²) in [7, 11) is 1.62. The Hall–Kier alpha value is -1.46. The van der Waals surface area contributed by atoms with Gasteiger partial charge in [0, 0.05) is 31.3 Å². The van der Waals surface area contributed by atoms with Crippen LogP contribution < -0.4 is 5.73 Å². The predicted octanol–water partition coefficient (Wildman–Crippen LogP) is 1.43. The number of rotatable bonds is 6. The number of nitrogens with two attached hydrogens (primary N) is 1. The van der Waals surface area contributed by atoms with Crippen LogP contribution in [0.4, 0.5) is 0 Å². The summed E-state index contributed by atoms with van der Waals surface area (Å²) in [5.41, 5.74) is 6.86. The first-order valence-corrected chi connectivity index (χ1v) is 6.19. The van der Waals surface area contributed by atoms with E-state index in [9.17, 15) is 4.79 Å². The normalized spacial score (nSPS) is 10.1. The number of carbonyl (C=O) groups excluding carboxylic acids is 1. The van der Waals surface area contributed by atoms with Gasteiger partial charge in [-0.25, -0.2) is 0 Å². The quantitative estimate of drug-likeness (QED) is 0.791. The predicted molar refractivity (Wildman–Crippen MR) is 75.8 cm³/mol. The topological polar surface area (TPSA) is 55.6 Å². The van der Waals surface area contributed by atoms with Crippen LogP contribution in [0.2, 0.25) is 0 Å². The molecule has 0 heterocycles. The fourth-order valence-corrected chi connectivity index (χ4v) is 1.72. The summed E-state index contributed by atoms with van der Waals surface area (Å²) < 4.78 is 4.99. The Bertz CT molecular complexity index is 435. The van der Waals surface area contributed by atoms with Crippen molar-refractivity contribution in [1.82, 2.24) is 4.90 Å². The molecule has 0 spiro atoms. The highest BCUT2D eigenvalue weighted by molar-refractivity contribution is 7.80. The average Bonchev–Trinajstić information content (AvgIpc) is 2.39. The number of carbonyl (C=O) groups is 1. The van der Waals surface area contributed by atoms with Crippen LogP contribution in [0, 0.1) is 0 Å². The van der Waals surface area contributed by atoms with Crippen LogP contribution in [-0.4, -0.2) is 42.6 Å². The van der Waals surface area contributed by atoms with Gasteiger partial charge in [-0.1, -0.05) is 24.4 Å². The Kier molecular flexibility index (Phi) is 5.74. The van der Waals surface area contributed by atoms with Gasteiger partial charge < -0.3 is 15.4 Å². The molecular weight excluding hydrogens is 248 g/mol. The molecule has 0 radical (unpaired) electrons. The monoisotopic (exact) mass is 266 g/mol. The summed E-state index contributed by atoms with van der Waals surface area (Å²) >= 11 is 4.91. The standard InChI is InChI=1S/C13H18N2O2S/c1-3-15(7-8-17-2)13(16)11-6-4-5-10(9-11)12(14)18/h4-6,9H,3,7-8H2,1-2H3,(H2,14,18). The molecule has 18 heavy (non-hydrogen) atoms. The minimum absolute atomic E-state index is 0.0346. The molecule has 0 fully saturated rings. The third kappa shape index (κ3) is 3.78. The zero-order chi connectivity index (χ0) is 13.5. The van der Waals surface area contributed by atoms with Gasteiger partial charge in [-0.05, 0) is 19.1 Å². The lowest BCUT2D eigenvalue weighted by molar-refractivity contribution is 0.0706. The molecule has 0 aliphatic carbocycles. The maximum Gasteiger partial charge on any atom is 0.253 e. The van der Waals surface area contributed by atoms with Crippen LogP contribution in [0.1, 0.15) is 22.8 Å². The number of amides is 1. The maximum absolute atomic E-state index is 12.2. The Morgan fingerprint density at radius 2 is 2.11 bits per heavy atom. The van der Waals surface area contributed by atoms with Gasteiger partial charge in [0.25, 0.3) is 5.91 Å². The van der Waals surface area contributed by atoms with Crippen LogP contribution in [-0.2, 0) is 4.74 Å². The molecule has 0 atom stereocenters. The second kappa shape index (κ2) is 7.08. The van der Waals surface area contributed by atoms with E-state index in [2.05, 4.69) is 0 Å². The van der Waals surface area contributed by atoms with E-state index in [1.165, 1.54) is 0 Å². The Morgan fingerprint density at radius 3 is 2.67 bits per heavy atom. The molecule has 5 heteroatoms.